The summed E-state index contributed by atoms with van der Waals surface area (Å²) in [6.07, 6.45) is -3.50. The average molecular weight is 434 g/mol. The Hall–Kier alpha value is -3.30. The molecule has 0 saturated carbocycles. The lowest BCUT2D eigenvalue weighted by molar-refractivity contribution is -0.172. The van der Waals surface area contributed by atoms with Gasteiger partial charge in [0.15, 0.2) is 11.7 Å². The van der Waals surface area contributed by atoms with Gasteiger partial charge in [-0.1, -0.05) is 11.2 Å². The number of rotatable bonds is 4. The molecule has 2 aromatic heterocycles. The van der Waals surface area contributed by atoms with Crippen molar-refractivity contribution in [3.63, 3.8) is 0 Å². The van der Waals surface area contributed by atoms with Gasteiger partial charge in [-0.05, 0) is 50.5 Å². The molecule has 1 aliphatic heterocycles. The van der Waals surface area contributed by atoms with Gasteiger partial charge < -0.3 is 9.26 Å². The molecule has 0 bridgehead atoms. The summed E-state index contributed by atoms with van der Waals surface area (Å²) in [6, 6.07) is 5.26. The minimum absolute atomic E-state index is 0.0135. The number of ether oxygens (including phenoxy) is 1. The molecule has 4 rings (SSSR count). The largest absolute Gasteiger partial charge is 0.489 e. The van der Waals surface area contributed by atoms with E-state index in [2.05, 4.69) is 10.3 Å². The highest BCUT2D eigenvalue weighted by molar-refractivity contribution is 6.05. The van der Waals surface area contributed by atoms with Crippen molar-refractivity contribution in [3.05, 3.63) is 58.6 Å². The molecule has 1 amide bonds. The lowest BCUT2D eigenvalue weighted by Gasteiger charge is -2.33. The van der Waals surface area contributed by atoms with Crippen LogP contribution in [0.2, 0.25) is 0 Å². The van der Waals surface area contributed by atoms with E-state index in [4.69, 9.17) is 9.26 Å². The van der Waals surface area contributed by atoms with Crippen molar-refractivity contribution in [3.8, 4) is 5.75 Å². The van der Waals surface area contributed by atoms with Gasteiger partial charge in [0.25, 0.3) is 5.91 Å². The zero-order chi connectivity index (χ0) is 22.3. The lowest BCUT2D eigenvalue weighted by Crippen LogP contribution is -2.43. The fourth-order valence-corrected chi connectivity index (χ4v) is 3.57. The second-order valence-corrected chi connectivity index (χ2v) is 7.54. The second kappa shape index (κ2) is 7.75. The monoisotopic (exact) mass is 434 g/mol. The second-order valence-electron chi connectivity index (χ2n) is 7.54. The van der Waals surface area contributed by atoms with Crippen molar-refractivity contribution < 1.29 is 27.2 Å². The van der Waals surface area contributed by atoms with Crippen LogP contribution in [0.5, 0.6) is 5.75 Å². The Bertz CT molecular complexity index is 1120. The van der Waals surface area contributed by atoms with Crippen molar-refractivity contribution in [1.82, 2.24) is 14.9 Å². The molecule has 0 aliphatic carbocycles. The number of aromatic nitrogens is 3. The number of amides is 1. The molecule has 0 N–H and O–H groups in total. The van der Waals surface area contributed by atoms with E-state index in [-0.39, 0.29) is 31.1 Å². The van der Waals surface area contributed by atoms with Gasteiger partial charge in [0, 0.05) is 12.6 Å². The Morgan fingerprint density at radius 3 is 2.71 bits per heavy atom. The Labute approximate surface area is 176 Å². The maximum absolute atomic E-state index is 13.3. The van der Waals surface area contributed by atoms with Crippen LogP contribution in [0.15, 0.2) is 35.0 Å². The number of aryl methyl sites for hydroxylation is 3. The molecule has 1 atom stereocenters. The van der Waals surface area contributed by atoms with Crippen molar-refractivity contribution in [2.24, 2.45) is 0 Å². The third kappa shape index (κ3) is 3.89. The van der Waals surface area contributed by atoms with E-state index in [9.17, 15) is 18.0 Å². The third-order valence-electron chi connectivity index (χ3n) is 5.52. The third-order valence-corrected chi connectivity index (χ3v) is 5.52. The molecule has 0 radical (unpaired) electrons. The number of alkyl halides is 3. The number of nitrogens with zero attached hydrogens (tertiary/aromatic N) is 4. The van der Waals surface area contributed by atoms with Gasteiger partial charge in [-0.2, -0.15) is 18.3 Å². The first-order chi connectivity index (χ1) is 14.7. The number of halogens is 3. The summed E-state index contributed by atoms with van der Waals surface area (Å²) in [5.41, 5.74) is 2.66. The summed E-state index contributed by atoms with van der Waals surface area (Å²) >= 11 is 0. The molecule has 7 nitrogen and oxygen atoms in total. The van der Waals surface area contributed by atoms with Crippen LogP contribution in [0.1, 0.15) is 45.4 Å². The number of hydrogen-bond acceptors (Lipinski definition) is 5. The van der Waals surface area contributed by atoms with Crippen LogP contribution < -0.4 is 9.64 Å². The molecule has 31 heavy (non-hydrogen) atoms. The van der Waals surface area contributed by atoms with E-state index in [1.165, 1.54) is 17.2 Å². The number of fused-ring (bicyclic) bond motifs is 1. The summed E-state index contributed by atoms with van der Waals surface area (Å²) in [7, 11) is 0. The summed E-state index contributed by atoms with van der Waals surface area (Å²) in [6.45, 7) is 5.54. The Morgan fingerprint density at radius 2 is 2.00 bits per heavy atom. The van der Waals surface area contributed by atoms with E-state index in [1.54, 1.807) is 6.92 Å². The number of benzene rings is 1. The molecule has 1 unspecified atom stereocenters. The Balaban J connectivity index is 1.58. The minimum Gasteiger partial charge on any atom is -0.489 e. The van der Waals surface area contributed by atoms with E-state index in [1.807, 2.05) is 32.0 Å². The SMILES string of the molecule is Cc1ccc(OCc2c(C(=O)N3CCC(C(F)(F)F)n4nccc43)noc2C)cc1C. The standard InChI is InChI=1S/C21H21F3N4O3/c1-12-4-5-15(10-13(12)2)30-11-16-14(3)31-26-19(16)20(29)27-9-7-17(21(22,23)24)28-18(27)6-8-25-28/h4-6,8,10,17H,7,9,11H2,1-3H3. The van der Waals surface area contributed by atoms with Crippen LogP contribution in [0.4, 0.5) is 19.0 Å². The van der Waals surface area contributed by atoms with Gasteiger partial charge in [0.05, 0.1) is 11.8 Å². The van der Waals surface area contributed by atoms with E-state index >= 15 is 0 Å². The van der Waals surface area contributed by atoms with Crippen molar-refractivity contribution in [2.45, 2.75) is 46.0 Å². The summed E-state index contributed by atoms with van der Waals surface area (Å²) in [5.74, 6) is 0.551. The topological polar surface area (TPSA) is 73.4 Å². The first-order valence-electron chi connectivity index (χ1n) is 9.74. The van der Waals surface area contributed by atoms with Crippen LogP contribution >= 0.6 is 0 Å². The number of anilines is 1. The first-order valence-corrected chi connectivity index (χ1v) is 9.74. The van der Waals surface area contributed by atoms with Gasteiger partial charge in [-0.15, -0.1) is 0 Å². The maximum atomic E-state index is 13.3. The minimum atomic E-state index is -4.45. The highest BCUT2D eigenvalue weighted by atomic mass is 19.4. The zero-order valence-electron chi connectivity index (χ0n) is 17.2. The Morgan fingerprint density at radius 1 is 1.23 bits per heavy atom. The fourth-order valence-electron chi connectivity index (χ4n) is 3.57. The van der Waals surface area contributed by atoms with Crippen molar-refractivity contribution in [2.75, 3.05) is 11.4 Å². The normalized spacial score (nSPS) is 16.3. The Kier molecular flexibility index (Phi) is 5.24. The first kappa shape index (κ1) is 21.0. The zero-order valence-corrected chi connectivity index (χ0v) is 17.2. The molecule has 0 fully saturated rings. The highest BCUT2D eigenvalue weighted by Crippen LogP contribution is 2.39. The van der Waals surface area contributed by atoms with Gasteiger partial charge in [-0.3, -0.25) is 9.69 Å². The molecule has 3 aromatic rings. The molecule has 10 heteroatoms. The molecule has 1 aromatic carbocycles. The van der Waals surface area contributed by atoms with Crippen LogP contribution in [0.25, 0.3) is 0 Å². The fraction of sp³-hybridized carbons (Fsp3) is 0.381. The van der Waals surface area contributed by atoms with Crippen molar-refractivity contribution >= 4 is 11.7 Å². The smallest absolute Gasteiger partial charge is 0.410 e. The van der Waals surface area contributed by atoms with E-state index < -0.39 is 18.1 Å². The molecule has 164 valence electrons. The summed E-state index contributed by atoms with van der Waals surface area (Å²) in [4.78, 5) is 14.4. The molecular formula is C21H21F3N4O3. The highest BCUT2D eigenvalue weighted by Gasteiger charge is 2.46. The maximum Gasteiger partial charge on any atom is 0.410 e. The molecule has 0 spiro atoms. The van der Waals surface area contributed by atoms with Crippen molar-refractivity contribution in [1.29, 1.82) is 0 Å². The molecule has 3 heterocycles. The van der Waals surface area contributed by atoms with Crippen LogP contribution in [-0.2, 0) is 6.61 Å². The van der Waals surface area contributed by atoms with Crippen LogP contribution in [0.3, 0.4) is 0 Å². The van der Waals surface area contributed by atoms with E-state index in [0.29, 0.717) is 17.1 Å². The number of carbonyl (C=O) groups excluding carboxylic acids is 1. The van der Waals surface area contributed by atoms with Gasteiger partial charge in [0.2, 0.25) is 0 Å². The van der Waals surface area contributed by atoms with Crippen LogP contribution in [-0.4, -0.2) is 33.6 Å². The molecular weight excluding hydrogens is 413 g/mol. The summed E-state index contributed by atoms with van der Waals surface area (Å²) in [5, 5.41) is 7.65. The molecule has 1 aliphatic rings. The number of hydrogen-bond donors (Lipinski definition) is 0. The summed E-state index contributed by atoms with van der Waals surface area (Å²) < 4.78 is 51.8. The average Bonchev–Trinajstić information content (AvgIpc) is 3.33. The molecule has 0 saturated heterocycles. The lowest BCUT2D eigenvalue weighted by atomic mass is 10.1. The van der Waals surface area contributed by atoms with Crippen LogP contribution in [0, 0.1) is 20.8 Å². The van der Waals surface area contributed by atoms with E-state index in [0.717, 1.165) is 15.8 Å². The van der Waals surface area contributed by atoms with Gasteiger partial charge >= 0.3 is 6.18 Å². The number of carbonyl (C=O) groups is 1. The predicted octanol–water partition coefficient (Wildman–Crippen LogP) is 4.53. The van der Waals surface area contributed by atoms with Gasteiger partial charge in [-0.25, -0.2) is 4.68 Å². The predicted molar refractivity (Wildman–Crippen MR) is 105 cm³/mol. The quantitative estimate of drug-likeness (QED) is 0.603. The van der Waals surface area contributed by atoms with Gasteiger partial charge in [0.1, 0.15) is 23.9 Å².